The average Bonchev–Trinajstić information content (AvgIpc) is 2.74. The van der Waals surface area contributed by atoms with E-state index in [1.807, 2.05) is 0 Å². The van der Waals surface area contributed by atoms with Gasteiger partial charge in [-0.3, -0.25) is 9.59 Å². The Bertz CT molecular complexity index is 1060. The highest BCUT2D eigenvalue weighted by Gasteiger charge is 2.10. The van der Waals surface area contributed by atoms with E-state index in [9.17, 15) is 14.0 Å². The molecular formula is C22H18ClFN2O4. The van der Waals surface area contributed by atoms with Gasteiger partial charge in [-0.15, -0.1) is 0 Å². The van der Waals surface area contributed by atoms with Crippen LogP contribution in [0.4, 0.5) is 15.8 Å². The van der Waals surface area contributed by atoms with E-state index >= 15 is 0 Å². The molecule has 8 heteroatoms. The fourth-order valence-electron chi connectivity index (χ4n) is 2.55. The van der Waals surface area contributed by atoms with Crippen LogP contribution in [0.15, 0.2) is 66.7 Å². The van der Waals surface area contributed by atoms with Gasteiger partial charge in [0.15, 0.2) is 6.61 Å². The number of carbonyl (C=O) groups excluding carboxylic acids is 2. The summed E-state index contributed by atoms with van der Waals surface area (Å²) < 4.78 is 24.0. The van der Waals surface area contributed by atoms with Crippen molar-refractivity contribution in [1.82, 2.24) is 0 Å². The Morgan fingerprint density at radius 3 is 2.40 bits per heavy atom. The Kier molecular flexibility index (Phi) is 6.87. The summed E-state index contributed by atoms with van der Waals surface area (Å²) in [6.07, 6.45) is 0. The molecule has 0 unspecified atom stereocenters. The molecule has 0 aliphatic heterocycles. The molecule has 2 N–H and O–H groups in total. The van der Waals surface area contributed by atoms with Crippen molar-refractivity contribution in [2.24, 2.45) is 0 Å². The van der Waals surface area contributed by atoms with Crippen molar-refractivity contribution >= 4 is 34.8 Å². The Balaban J connectivity index is 1.54. The summed E-state index contributed by atoms with van der Waals surface area (Å²) in [6.45, 7) is -0.301. The molecule has 0 saturated carbocycles. The van der Waals surface area contributed by atoms with Gasteiger partial charge in [0.25, 0.3) is 11.8 Å². The smallest absolute Gasteiger partial charge is 0.262 e. The number of benzene rings is 3. The van der Waals surface area contributed by atoms with Crippen LogP contribution in [0.5, 0.6) is 11.5 Å². The maximum absolute atomic E-state index is 13.5. The van der Waals surface area contributed by atoms with Crippen LogP contribution in [0.25, 0.3) is 0 Å². The van der Waals surface area contributed by atoms with Crippen molar-refractivity contribution in [1.29, 1.82) is 0 Å². The standard InChI is InChI=1S/C22H18ClFN2O4/c1-29-20-11-8-15(12-17(20)23)25-22(28)14-6-9-16(10-7-14)30-13-21(27)26-19-5-3-2-4-18(19)24/h2-12H,13H2,1H3,(H,25,28)(H,26,27). The number of rotatable bonds is 7. The quantitative estimate of drug-likeness (QED) is 0.569. The van der Waals surface area contributed by atoms with Crippen LogP contribution in [-0.2, 0) is 4.79 Å². The van der Waals surface area contributed by atoms with E-state index in [1.165, 1.54) is 25.3 Å². The third kappa shape index (κ3) is 5.48. The van der Waals surface area contributed by atoms with Crippen molar-refractivity contribution in [3.8, 4) is 11.5 Å². The van der Waals surface area contributed by atoms with Gasteiger partial charge in [-0.25, -0.2) is 4.39 Å². The van der Waals surface area contributed by atoms with Gasteiger partial charge in [0, 0.05) is 11.3 Å². The van der Waals surface area contributed by atoms with E-state index in [0.29, 0.717) is 27.8 Å². The largest absolute Gasteiger partial charge is 0.495 e. The first kappa shape index (κ1) is 21.1. The molecule has 3 aromatic carbocycles. The van der Waals surface area contributed by atoms with Crippen LogP contribution in [0.3, 0.4) is 0 Å². The highest BCUT2D eigenvalue weighted by molar-refractivity contribution is 6.32. The third-order valence-electron chi connectivity index (χ3n) is 4.04. The maximum atomic E-state index is 13.5. The summed E-state index contributed by atoms with van der Waals surface area (Å²) in [5, 5.41) is 5.54. The van der Waals surface area contributed by atoms with Crippen LogP contribution in [-0.4, -0.2) is 25.5 Å². The molecule has 6 nitrogen and oxygen atoms in total. The predicted molar refractivity (Wildman–Crippen MR) is 113 cm³/mol. The zero-order valence-corrected chi connectivity index (χ0v) is 16.7. The Morgan fingerprint density at radius 2 is 1.73 bits per heavy atom. The number of anilines is 2. The third-order valence-corrected chi connectivity index (χ3v) is 4.34. The minimum atomic E-state index is -0.528. The van der Waals surface area contributed by atoms with E-state index in [4.69, 9.17) is 21.1 Å². The fourth-order valence-corrected chi connectivity index (χ4v) is 2.81. The second-order valence-corrected chi connectivity index (χ2v) is 6.55. The number of amides is 2. The van der Waals surface area contributed by atoms with Crippen LogP contribution in [0, 0.1) is 5.82 Å². The lowest BCUT2D eigenvalue weighted by Crippen LogP contribution is -2.20. The lowest BCUT2D eigenvalue weighted by atomic mass is 10.2. The summed E-state index contributed by atoms with van der Waals surface area (Å²) in [7, 11) is 1.51. The molecule has 154 valence electrons. The van der Waals surface area contributed by atoms with Gasteiger partial charge in [-0.2, -0.15) is 0 Å². The second kappa shape index (κ2) is 9.76. The fraction of sp³-hybridized carbons (Fsp3) is 0.0909. The number of hydrogen-bond acceptors (Lipinski definition) is 4. The lowest BCUT2D eigenvalue weighted by molar-refractivity contribution is -0.118. The lowest BCUT2D eigenvalue weighted by Gasteiger charge is -2.10. The van der Waals surface area contributed by atoms with Crippen LogP contribution < -0.4 is 20.1 Å². The molecule has 0 fully saturated rings. The van der Waals surface area contributed by atoms with Gasteiger partial charge in [0.2, 0.25) is 0 Å². The molecule has 0 aliphatic rings. The van der Waals surface area contributed by atoms with Crippen molar-refractivity contribution in [3.63, 3.8) is 0 Å². The van der Waals surface area contributed by atoms with E-state index in [-0.39, 0.29) is 18.2 Å². The second-order valence-electron chi connectivity index (χ2n) is 6.14. The molecule has 0 atom stereocenters. The highest BCUT2D eigenvalue weighted by atomic mass is 35.5. The Hall–Kier alpha value is -3.58. The Morgan fingerprint density at radius 1 is 1.00 bits per heavy atom. The maximum Gasteiger partial charge on any atom is 0.262 e. The molecular weight excluding hydrogens is 411 g/mol. The van der Waals surface area contributed by atoms with Crippen LogP contribution in [0.1, 0.15) is 10.4 Å². The Labute approximate surface area is 177 Å². The SMILES string of the molecule is COc1ccc(NC(=O)c2ccc(OCC(=O)Nc3ccccc3F)cc2)cc1Cl. The molecule has 2 amide bonds. The summed E-state index contributed by atoms with van der Waals surface area (Å²) in [4.78, 5) is 24.3. The van der Waals surface area contributed by atoms with Gasteiger partial charge in [-0.05, 0) is 54.6 Å². The number of para-hydroxylation sites is 1. The van der Waals surface area contributed by atoms with Crippen molar-refractivity contribution in [2.75, 3.05) is 24.4 Å². The number of halogens is 2. The van der Waals surface area contributed by atoms with Gasteiger partial charge in [0.1, 0.15) is 17.3 Å². The summed E-state index contributed by atoms with van der Waals surface area (Å²) in [5.41, 5.74) is 0.998. The van der Waals surface area contributed by atoms with Gasteiger partial charge in [-0.1, -0.05) is 23.7 Å². The first-order valence-electron chi connectivity index (χ1n) is 8.88. The molecule has 0 aliphatic carbocycles. The van der Waals surface area contributed by atoms with E-state index < -0.39 is 11.7 Å². The number of hydrogen-bond donors (Lipinski definition) is 2. The normalized spacial score (nSPS) is 10.2. The van der Waals surface area contributed by atoms with Crippen LogP contribution in [0.2, 0.25) is 5.02 Å². The monoisotopic (exact) mass is 428 g/mol. The first-order chi connectivity index (χ1) is 14.5. The van der Waals surface area contributed by atoms with Crippen LogP contribution >= 0.6 is 11.6 Å². The van der Waals surface area contributed by atoms with Crippen molar-refractivity contribution in [3.05, 3.63) is 83.1 Å². The molecule has 0 aromatic heterocycles. The molecule has 3 aromatic rings. The number of carbonyl (C=O) groups is 2. The molecule has 0 radical (unpaired) electrons. The zero-order valence-electron chi connectivity index (χ0n) is 15.9. The van der Waals surface area contributed by atoms with E-state index in [0.717, 1.165) is 0 Å². The van der Waals surface area contributed by atoms with Gasteiger partial charge >= 0.3 is 0 Å². The summed E-state index contributed by atoms with van der Waals surface area (Å²) in [5.74, 6) is -0.462. The number of methoxy groups -OCH3 is 1. The minimum absolute atomic E-state index is 0.0803. The highest BCUT2D eigenvalue weighted by Crippen LogP contribution is 2.27. The van der Waals surface area contributed by atoms with Crippen molar-refractivity contribution < 1.29 is 23.5 Å². The summed E-state index contributed by atoms with van der Waals surface area (Å²) >= 11 is 6.05. The van der Waals surface area contributed by atoms with E-state index in [2.05, 4.69) is 10.6 Å². The van der Waals surface area contributed by atoms with E-state index in [1.54, 1.807) is 48.5 Å². The topological polar surface area (TPSA) is 76.7 Å². The molecule has 0 heterocycles. The predicted octanol–water partition coefficient (Wildman–Crippen LogP) is 4.76. The average molecular weight is 429 g/mol. The number of ether oxygens (including phenoxy) is 2. The van der Waals surface area contributed by atoms with Crippen molar-refractivity contribution in [2.45, 2.75) is 0 Å². The zero-order chi connectivity index (χ0) is 21.5. The van der Waals surface area contributed by atoms with Gasteiger partial charge in [0.05, 0.1) is 17.8 Å². The molecule has 0 spiro atoms. The first-order valence-corrected chi connectivity index (χ1v) is 9.26. The van der Waals surface area contributed by atoms with Gasteiger partial charge < -0.3 is 20.1 Å². The molecule has 0 bridgehead atoms. The molecule has 0 saturated heterocycles. The number of nitrogens with one attached hydrogen (secondary N) is 2. The molecule has 3 rings (SSSR count). The molecule has 30 heavy (non-hydrogen) atoms. The summed E-state index contributed by atoms with van der Waals surface area (Å²) in [6, 6.07) is 17.0. The minimum Gasteiger partial charge on any atom is -0.495 e.